The van der Waals surface area contributed by atoms with Gasteiger partial charge in [-0.25, -0.2) is 0 Å². The molecule has 4 nitrogen and oxygen atoms in total. The molecule has 5 heteroatoms. The zero-order valence-electron chi connectivity index (χ0n) is 17.0. The summed E-state index contributed by atoms with van der Waals surface area (Å²) in [5, 5.41) is 29.0. The maximum absolute atomic E-state index is 12.3. The highest BCUT2D eigenvalue weighted by Crippen LogP contribution is 2.36. The van der Waals surface area contributed by atoms with Crippen LogP contribution in [0.4, 0.5) is 0 Å². The van der Waals surface area contributed by atoms with Crippen LogP contribution in [-0.2, 0) is 6.42 Å². The predicted molar refractivity (Wildman–Crippen MR) is 127 cm³/mol. The highest BCUT2D eigenvalue weighted by atomic mass is 16.4. The van der Waals surface area contributed by atoms with Crippen molar-refractivity contribution in [3.05, 3.63) is 90.0 Å². The fourth-order valence-electron chi connectivity index (χ4n) is 4.40. The Bertz CT molecular complexity index is 1360. The van der Waals surface area contributed by atoms with Crippen molar-refractivity contribution in [3.63, 3.8) is 0 Å². The van der Waals surface area contributed by atoms with E-state index in [0.29, 0.717) is 17.6 Å². The zero-order valence-corrected chi connectivity index (χ0v) is 17.0. The summed E-state index contributed by atoms with van der Waals surface area (Å²) in [6, 6.07) is 25.9. The Morgan fingerprint density at radius 2 is 1.42 bits per heavy atom. The average molecular weight is 407 g/mol. The van der Waals surface area contributed by atoms with Gasteiger partial charge in [-0.3, -0.25) is 4.79 Å². The molecule has 0 aliphatic rings. The second-order valence-corrected chi connectivity index (χ2v) is 7.94. The molecule has 0 spiro atoms. The van der Waals surface area contributed by atoms with Crippen molar-refractivity contribution in [2.75, 3.05) is 6.54 Å². The van der Waals surface area contributed by atoms with E-state index >= 15 is 0 Å². The fourth-order valence-corrected chi connectivity index (χ4v) is 4.40. The van der Waals surface area contributed by atoms with Crippen LogP contribution in [0.1, 0.15) is 22.3 Å². The van der Waals surface area contributed by atoms with Crippen molar-refractivity contribution in [2.24, 2.45) is 0 Å². The highest BCUT2D eigenvalue weighted by Gasteiger charge is 2.13. The van der Waals surface area contributed by atoms with Gasteiger partial charge in [-0.15, -0.1) is 0 Å². The van der Waals surface area contributed by atoms with Crippen molar-refractivity contribution >= 4 is 50.8 Å². The second-order valence-electron chi connectivity index (χ2n) is 7.94. The average Bonchev–Trinajstić information content (AvgIpc) is 2.80. The first-order chi connectivity index (χ1) is 15.1. The van der Waals surface area contributed by atoms with E-state index in [2.05, 4.69) is 59.9 Å². The monoisotopic (exact) mass is 407 g/mol. The Labute approximate surface area is 180 Å². The number of aryl methyl sites for hydroxylation is 1. The Morgan fingerprint density at radius 3 is 2.13 bits per heavy atom. The number of carbonyl (C=O) groups is 1. The first-order valence-corrected chi connectivity index (χ1v) is 10.5. The number of amides is 1. The quantitative estimate of drug-likeness (QED) is 0.229. The third-order valence-corrected chi connectivity index (χ3v) is 6.00. The van der Waals surface area contributed by atoms with Crippen LogP contribution in [0.15, 0.2) is 78.9 Å². The number of hydrogen-bond acceptors (Lipinski definition) is 3. The van der Waals surface area contributed by atoms with E-state index in [1.54, 1.807) is 24.3 Å². The molecule has 0 heterocycles. The molecule has 0 aliphatic heterocycles. The molecule has 0 saturated carbocycles. The summed E-state index contributed by atoms with van der Waals surface area (Å²) in [5.41, 5.74) is 2.17. The van der Waals surface area contributed by atoms with E-state index in [1.165, 1.54) is 37.9 Å². The van der Waals surface area contributed by atoms with Crippen LogP contribution in [-0.4, -0.2) is 29.6 Å². The van der Waals surface area contributed by atoms with Crippen LogP contribution in [0.25, 0.3) is 32.3 Å². The molecule has 5 aromatic carbocycles. The van der Waals surface area contributed by atoms with Gasteiger partial charge >= 0.3 is 7.12 Å². The molecule has 0 aliphatic carbocycles. The van der Waals surface area contributed by atoms with E-state index in [4.69, 9.17) is 10.0 Å². The number of benzene rings is 5. The maximum atomic E-state index is 12.3. The van der Waals surface area contributed by atoms with Gasteiger partial charge in [-0.05, 0) is 68.3 Å². The van der Waals surface area contributed by atoms with Crippen LogP contribution in [0, 0.1) is 0 Å². The van der Waals surface area contributed by atoms with E-state index in [0.717, 1.165) is 12.8 Å². The van der Waals surface area contributed by atoms with Crippen LogP contribution in [0.5, 0.6) is 0 Å². The molecule has 0 radical (unpaired) electrons. The van der Waals surface area contributed by atoms with Gasteiger partial charge in [0.1, 0.15) is 0 Å². The third kappa shape index (κ3) is 3.63. The zero-order chi connectivity index (χ0) is 21.4. The molecule has 152 valence electrons. The van der Waals surface area contributed by atoms with Crippen molar-refractivity contribution in [1.29, 1.82) is 0 Å². The summed E-state index contributed by atoms with van der Waals surface area (Å²) in [7, 11) is -1.53. The number of hydrogen-bond donors (Lipinski definition) is 3. The van der Waals surface area contributed by atoms with Gasteiger partial charge in [0.15, 0.2) is 0 Å². The smallest absolute Gasteiger partial charge is 0.423 e. The largest absolute Gasteiger partial charge is 0.488 e. The predicted octanol–water partition coefficient (Wildman–Crippen LogP) is 3.63. The molecular weight excluding hydrogens is 385 g/mol. The number of rotatable bonds is 6. The second kappa shape index (κ2) is 8.02. The number of carbonyl (C=O) groups excluding carboxylic acids is 1. The fraction of sp³-hybridized carbons (Fsp3) is 0.115. The highest BCUT2D eigenvalue weighted by molar-refractivity contribution is 6.58. The maximum Gasteiger partial charge on any atom is 0.488 e. The molecule has 5 rings (SSSR count). The lowest BCUT2D eigenvalue weighted by Crippen LogP contribution is -2.30. The Hall–Kier alpha value is -3.41. The minimum absolute atomic E-state index is 0.158. The van der Waals surface area contributed by atoms with E-state index < -0.39 is 7.12 Å². The van der Waals surface area contributed by atoms with Gasteiger partial charge in [-0.1, -0.05) is 66.7 Å². The van der Waals surface area contributed by atoms with Crippen molar-refractivity contribution in [3.8, 4) is 0 Å². The van der Waals surface area contributed by atoms with Gasteiger partial charge in [-0.2, -0.15) is 0 Å². The van der Waals surface area contributed by atoms with Crippen LogP contribution >= 0.6 is 0 Å². The molecule has 3 N–H and O–H groups in total. The van der Waals surface area contributed by atoms with Crippen LogP contribution in [0.2, 0.25) is 0 Å². The van der Waals surface area contributed by atoms with Crippen LogP contribution < -0.4 is 10.8 Å². The Morgan fingerprint density at radius 1 is 0.774 bits per heavy atom. The minimum atomic E-state index is -1.53. The lowest BCUT2D eigenvalue weighted by atomic mass is 9.80. The summed E-state index contributed by atoms with van der Waals surface area (Å²) < 4.78 is 0. The third-order valence-electron chi connectivity index (χ3n) is 6.00. The molecule has 0 atom stereocenters. The molecule has 0 bridgehead atoms. The Kier molecular flexibility index (Phi) is 5.06. The summed E-state index contributed by atoms with van der Waals surface area (Å²) in [4.78, 5) is 12.3. The van der Waals surface area contributed by atoms with Crippen LogP contribution in [0.3, 0.4) is 0 Å². The molecule has 31 heavy (non-hydrogen) atoms. The molecule has 0 unspecified atom stereocenters. The summed E-state index contributed by atoms with van der Waals surface area (Å²) in [6.07, 6.45) is 1.72. The van der Waals surface area contributed by atoms with Gasteiger partial charge < -0.3 is 15.4 Å². The summed E-state index contributed by atoms with van der Waals surface area (Å²) in [6.45, 7) is 0.575. The topological polar surface area (TPSA) is 69.6 Å². The Balaban J connectivity index is 1.30. The van der Waals surface area contributed by atoms with Crippen molar-refractivity contribution < 1.29 is 14.8 Å². The molecule has 0 saturated heterocycles. The van der Waals surface area contributed by atoms with Crippen molar-refractivity contribution in [2.45, 2.75) is 12.8 Å². The van der Waals surface area contributed by atoms with E-state index in [-0.39, 0.29) is 5.91 Å². The first-order valence-electron chi connectivity index (χ1n) is 10.5. The standard InChI is InChI=1S/C26H22BNO3/c29-26(21-10-13-22(14-11-21)27(30)31)28-16-2-5-17-6-7-20-9-8-18-3-1-4-19-12-15-23(17)25(20)24(18)19/h1,3-4,6-15,30-31H,2,5,16H2,(H,28,29). The molecule has 1 amide bonds. The lowest BCUT2D eigenvalue weighted by molar-refractivity contribution is 0.0953. The molecule has 0 fully saturated rings. The van der Waals surface area contributed by atoms with Gasteiger partial charge in [0.05, 0.1) is 0 Å². The first kappa shape index (κ1) is 19.6. The van der Waals surface area contributed by atoms with Gasteiger partial charge in [0, 0.05) is 12.1 Å². The van der Waals surface area contributed by atoms with Crippen molar-refractivity contribution in [1.82, 2.24) is 5.32 Å². The molecule has 0 aromatic heterocycles. The summed E-state index contributed by atoms with van der Waals surface area (Å²) >= 11 is 0. The number of nitrogens with one attached hydrogen (secondary N) is 1. The summed E-state index contributed by atoms with van der Waals surface area (Å²) in [5.74, 6) is -0.158. The normalized spacial score (nSPS) is 11.4. The molecule has 5 aromatic rings. The SMILES string of the molecule is O=C(NCCCc1ccc2ccc3cccc4ccc1c2c34)c1ccc(B(O)O)cc1. The van der Waals surface area contributed by atoms with Gasteiger partial charge in [0.2, 0.25) is 0 Å². The minimum Gasteiger partial charge on any atom is -0.423 e. The van der Waals surface area contributed by atoms with E-state index in [9.17, 15) is 4.79 Å². The molecular formula is C26H22BNO3. The van der Waals surface area contributed by atoms with E-state index in [1.807, 2.05) is 0 Å². The van der Waals surface area contributed by atoms with Gasteiger partial charge in [0.25, 0.3) is 5.91 Å². The lowest BCUT2D eigenvalue weighted by Gasteiger charge is -2.14.